The fourth-order valence-corrected chi connectivity index (χ4v) is 4.58. The first-order valence-electron chi connectivity index (χ1n) is 11.2. The molecule has 0 bridgehead atoms. The molecule has 1 aliphatic heterocycles. The van der Waals surface area contributed by atoms with Crippen LogP contribution in [0.3, 0.4) is 0 Å². The largest absolute Gasteiger partial charge is 0.508 e. The minimum Gasteiger partial charge on any atom is -0.508 e. The molecule has 0 unspecified atom stereocenters. The smallest absolute Gasteiger partial charge is 0.257 e. The van der Waals surface area contributed by atoms with Gasteiger partial charge in [0.2, 0.25) is 0 Å². The van der Waals surface area contributed by atoms with Crippen LogP contribution in [0.5, 0.6) is 5.75 Å². The van der Waals surface area contributed by atoms with Gasteiger partial charge in [0, 0.05) is 47.9 Å². The van der Waals surface area contributed by atoms with Crippen molar-refractivity contribution < 1.29 is 14.3 Å². The van der Waals surface area contributed by atoms with Gasteiger partial charge in [0.05, 0.1) is 5.56 Å². The van der Waals surface area contributed by atoms with E-state index >= 15 is 0 Å². The Balaban J connectivity index is 0.000000714. The first kappa shape index (κ1) is 26.5. The lowest BCUT2D eigenvalue weighted by Gasteiger charge is -2.61. The number of hydrogen-bond donors (Lipinski definition) is 1. The molecule has 1 heterocycles. The Morgan fingerprint density at radius 3 is 2.36 bits per heavy atom. The van der Waals surface area contributed by atoms with Crippen LogP contribution in [0.15, 0.2) is 61.7 Å². The normalized spacial score (nSPS) is 15.6. The number of phenolic OH excluding ortho intramolecular Hbond substituents is 1. The van der Waals surface area contributed by atoms with Crippen molar-refractivity contribution in [1.29, 1.82) is 0 Å². The van der Waals surface area contributed by atoms with Crippen molar-refractivity contribution >= 4 is 23.2 Å². The minimum atomic E-state index is -0.606. The molecule has 178 valence electrons. The zero-order chi connectivity index (χ0) is 24.8. The molecule has 1 N–H and O–H groups in total. The Morgan fingerprint density at radius 1 is 1.21 bits per heavy atom. The van der Waals surface area contributed by atoms with Gasteiger partial charge < -0.3 is 14.9 Å². The molecule has 1 saturated carbocycles. The number of nitrogens with zero attached hydrogens (tertiary/aromatic N) is 2. The average molecular weight is 473 g/mol. The highest BCUT2D eigenvalue weighted by Crippen LogP contribution is 2.51. The van der Waals surface area contributed by atoms with Gasteiger partial charge in [-0.2, -0.15) is 0 Å². The van der Waals surface area contributed by atoms with Crippen molar-refractivity contribution in [2.45, 2.75) is 39.7 Å². The lowest BCUT2D eigenvalue weighted by molar-refractivity contribution is -0.0780. The summed E-state index contributed by atoms with van der Waals surface area (Å²) in [6.07, 6.45) is 3.67. The Morgan fingerprint density at radius 2 is 1.79 bits per heavy atom. The summed E-state index contributed by atoms with van der Waals surface area (Å²) in [5.74, 6) is -1.08. The minimum absolute atomic E-state index is 0.0741. The molecule has 4 rings (SSSR count). The maximum atomic E-state index is 13.9. The SMILES string of the molecule is C=C(c1ccccc1Cl)N(C)C1CC2(C1)CN(C(=O)c1cc(O)ccc1F)C2.C=CC.CC. The van der Waals surface area contributed by atoms with E-state index in [9.17, 15) is 14.3 Å². The summed E-state index contributed by atoms with van der Waals surface area (Å²) in [7, 11) is 2.02. The van der Waals surface area contributed by atoms with Crippen LogP contribution in [-0.2, 0) is 0 Å². The van der Waals surface area contributed by atoms with E-state index < -0.39 is 5.82 Å². The highest BCUT2D eigenvalue weighted by atomic mass is 35.5. The van der Waals surface area contributed by atoms with E-state index in [2.05, 4.69) is 18.1 Å². The third-order valence-corrected chi connectivity index (χ3v) is 6.35. The van der Waals surface area contributed by atoms with Gasteiger partial charge in [-0.15, -0.1) is 6.58 Å². The van der Waals surface area contributed by atoms with Gasteiger partial charge in [0.25, 0.3) is 5.91 Å². The zero-order valence-electron chi connectivity index (χ0n) is 19.9. The van der Waals surface area contributed by atoms with Gasteiger partial charge in [-0.25, -0.2) is 4.39 Å². The molecule has 2 aliphatic rings. The molecule has 1 amide bonds. The number of benzene rings is 2. The molecule has 2 fully saturated rings. The van der Waals surface area contributed by atoms with E-state index in [1.165, 1.54) is 12.1 Å². The van der Waals surface area contributed by atoms with E-state index in [-0.39, 0.29) is 22.6 Å². The Labute approximate surface area is 202 Å². The maximum absolute atomic E-state index is 13.9. The quantitative estimate of drug-likeness (QED) is 0.509. The van der Waals surface area contributed by atoms with Crippen LogP contribution in [0.1, 0.15) is 49.5 Å². The van der Waals surface area contributed by atoms with E-state index in [0.717, 1.165) is 30.2 Å². The topological polar surface area (TPSA) is 43.8 Å². The highest BCUT2D eigenvalue weighted by molar-refractivity contribution is 6.32. The number of halogens is 2. The van der Waals surface area contributed by atoms with Crippen LogP contribution in [0.2, 0.25) is 5.02 Å². The standard InChI is InChI=1S/C22H22ClFN2O2.C3H6.C2H6/c1-14(17-5-3-4-6-19(17)23)25(2)15-10-22(11-15)12-26(13-22)21(28)18-9-16(27)7-8-20(18)24;1-3-2;1-2/h3-9,15,27H,1,10-13H2,2H3;3H,1H2,2H3;1-2H3. The van der Waals surface area contributed by atoms with Gasteiger partial charge >= 0.3 is 0 Å². The molecule has 0 atom stereocenters. The summed E-state index contributed by atoms with van der Waals surface area (Å²) >= 11 is 6.28. The van der Waals surface area contributed by atoms with Crippen molar-refractivity contribution in [2.75, 3.05) is 20.1 Å². The fraction of sp³-hybridized carbons (Fsp3) is 0.370. The fourth-order valence-electron chi connectivity index (χ4n) is 4.33. The van der Waals surface area contributed by atoms with Crippen molar-refractivity contribution in [1.82, 2.24) is 9.80 Å². The summed E-state index contributed by atoms with van der Waals surface area (Å²) in [5, 5.41) is 10.2. The number of aromatic hydroxyl groups is 1. The van der Waals surface area contributed by atoms with Crippen molar-refractivity contribution in [2.24, 2.45) is 5.41 Å². The second-order valence-electron chi connectivity index (χ2n) is 8.33. The van der Waals surface area contributed by atoms with Gasteiger partial charge in [-0.3, -0.25) is 4.79 Å². The van der Waals surface area contributed by atoms with Crippen LogP contribution in [0.25, 0.3) is 5.70 Å². The first-order valence-corrected chi connectivity index (χ1v) is 11.6. The zero-order valence-corrected chi connectivity index (χ0v) is 20.7. The lowest BCUT2D eigenvalue weighted by Crippen LogP contribution is -2.67. The van der Waals surface area contributed by atoms with Crippen LogP contribution < -0.4 is 0 Å². The highest BCUT2D eigenvalue weighted by Gasteiger charge is 2.55. The van der Waals surface area contributed by atoms with Crippen LogP contribution in [0.4, 0.5) is 4.39 Å². The van der Waals surface area contributed by atoms with Gasteiger partial charge in [-0.1, -0.05) is 56.3 Å². The van der Waals surface area contributed by atoms with Crippen molar-refractivity contribution in [3.05, 3.63) is 83.7 Å². The van der Waals surface area contributed by atoms with Crippen LogP contribution in [0, 0.1) is 11.2 Å². The maximum Gasteiger partial charge on any atom is 0.257 e. The summed E-state index contributed by atoms with van der Waals surface area (Å²) in [6.45, 7) is 14.7. The van der Waals surface area contributed by atoms with Gasteiger partial charge in [0.15, 0.2) is 0 Å². The molecule has 1 aliphatic carbocycles. The van der Waals surface area contributed by atoms with Crippen molar-refractivity contribution in [3.8, 4) is 5.75 Å². The number of rotatable bonds is 4. The molecule has 0 aromatic heterocycles. The molecule has 1 spiro atoms. The molecule has 33 heavy (non-hydrogen) atoms. The summed E-state index contributed by atoms with van der Waals surface area (Å²) < 4.78 is 13.9. The van der Waals surface area contributed by atoms with E-state index in [4.69, 9.17) is 11.6 Å². The molecule has 2 aromatic carbocycles. The summed E-state index contributed by atoms with van der Waals surface area (Å²) in [6, 6.07) is 11.5. The predicted molar refractivity (Wildman–Crippen MR) is 135 cm³/mol. The first-order chi connectivity index (χ1) is 15.7. The van der Waals surface area contributed by atoms with Gasteiger partial charge in [-0.05, 0) is 44.0 Å². The molecule has 4 nitrogen and oxygen atoms in total. The monoisotopic (exact) mass is 472 g/mol. The molecule has 2 aromatic rings. The van der Waals surface area contributed by atoms with Gasteiger partial charge in [0.1, 0.15) is 11.6 Å². The molecular formula is C27H34ClFN2O2. The average Bonchev–Trinajstić information content (AvgIpc) is 2.75. The van der Waals surface area contributed by atoms with E-state index in [0.29, 0.717) is 24.2 Å². The third kappa shape index (κ3) is 5.77. The number of hydrogen-bond acceptors (Lipinski definition) is 3. The molecular weight excluding hydrogens is 439 g/mol. The third-order valence-electron chi connectivity index (χ3n) is 6.02. The summed E-state index contributed by atoms with van der Waals surface area (Å²) in [5.41, 5.74) is 1.84. The summed E-state index contributed by atoms with van der Waals surface area (Å²) in [4.78, 5) is 16.3. The number of carbonyl (C=O) groups is 1. The molecule has 1 saturated heterocycles. The number of allylic oxidation sites excluding steroid dienone is 1. The number of likely N-dealkylation sites (tertiary alicyclic amines) is 1. The molecule has 0 radical (unpaired) electrons. The van der Waals surface area contributed by atoms with Crippen LogP contribution >= 0.6 is 11.6 Å². The lowest BCUT2D eigenvalue weighted by atomic mass is 9.60. The van der Waals surface area contributed by atoms with E-state index in [1.54, 1.807) is 11.0 Å². The van der Waals surface area contributed by atoms with Crippen LogP contribution in [-0.4, -0.2) is 47.0 Å². The predicted octanol–water partition coefficient (Wildman–Crippen LogP) is 6.61. The Hall–Kier alpha value is -2.79. The second kappa shape index (κ2) is 11.4. The number of amides is 1. The molecule has 6 heteroatoms. The van der Waals surface area contributed by atoms with E-state index in [1.807, 2.05) is 52.1 Å². The number of phenols is 1. The Kier molecular flexibility index (Phi) is 9.12. The number of carbonyl (C=O) groups excluding carboxylic acids is 1. The second-order valence-corrected chi connectivity index (χ2v) is 8.74. The Bertz CT molecular complexity index is 993. The van der Waals surface area contributed by atoms with Crippen molar-refractivity contribution in [3.63, 3.8) is 0 Å².